The lowest BCUT2D eigenvalue weighted by Gasteiger charge is -2.28. The van der Waals surface area contributed by atoms with Gasteiger partial charge in [0.1, 0.15) is 0 Å². The van der Waals surface area contributed by atoms with Gasteiger partial charge in [0, 0.05) is 42.6 Å². The summed E-state index contributed by atoms with van der Waals surface area (Å²) < 4.78 is -0.00879. The molecule has 0 heterocycles. The summed E-state index contributed by atoms with van der Waals surface area (Å²) in [6, 6.07) is 0. The molecule has 100 valence electrons. The molecule has 2 amide bonds. The molecule has 0 aromatic carbocycles. The van der Waals surface area contributed by atoms with Gasteiger partial charge >= 0.3 is 0 Å². The van der Waals surface area contributed by atoms with Crippen molar-refractivity contribution in [1.29, 1.82) is 0 Å². The Labute approximate surface area is 117 Å². The first-order valence-corrected chi connectivity index (χ1v) is 6.98. The third-order valence-electron chi connectivity index (χ3n) is 2.67. The largest absolute Gasteiger partial charge is 0.356 e. The highest BCUT2D eigenvalue weighted by Gasteiger charge is 2.21. The summed E-state index contributed by atoms with van der Waals surface area (Å²) in [5, 5.41) is 5.64. The van der Waals surface area contributed by atoms with E-state index in [2.05, 4.69) is 31.4 Å². The maximum Gasteiger partial charge on any atom is 0.280 e. The summed E-state index contributed by atoms with van der Waals surface area (Å²) in [6.07, 6.45) is 1.98. The number of hydrogen-bond acceptors (Lipinski definition) is 2. The Bertz CT molecular complexity index is 267. The Kier molecular flexibility index (Phi) is 7.74. The average molecular weight is 354 g/mol. The Balaban J connectivity index is 3.89. The first kappa shape index (κ1) is 16.7. The van der Waals surface area contributed by atoms with Crippen LogP contribution in [-0.2, 0) is 4.79 Å². The summed E-state index contributed by atoms with van der Waals surface area (Å²) in [7, 11) is 0. The van der Waals surface area contributed by atoms with Gasteiger partial charge in [-0.15, -0.1) is 0 Å². The molecule has 1 atom stereocenters. The summed E-state index contributed by atoms with van der Waals surface area (Å²) in [6.45, 7) is 9.48. The van der Waals surface area contributed by atoms with E-state index in [0.717, 1.165) is 12.8 Å². The fourth-order valence-electron chi connectivity index (χ4n) is 1.95. The fourth-order valence-corrected chi connectivity index (χ4v) is 2.17. The van der Waals surface area contributed by atoms with Crippen LogP contribution in [0.15, 0.2) is 0 Å². The van der Waals surface area contributed by atoms with Crippen molar-refractivity contribution in [2.45, 2.75) is 40.5 Å². The highest BCUT2D eigenvalue weighted by Crippen LogP contribution is 2.28. The first-order valence-electron chi connectivity index (χ1n) is 5.91. The molecule has 2 N–H and O–H groups in total. The zero-order valence-electron chi connectivity index (χ0n) is 11.1. The topological polar surface area (TPSA) is 58.2 Å². The zero-order chi connectivity index (χ0) is 13.5. The van der Waals surface area contributed by atoms with E-state index in [4.69, 9.17) is 0 Å². The van der Waals surface area contributed by atoms with Crippen LogP contribution < -0.4 is 10.6 Å². The molecule has 5 heteroatoms. The lowest BCUT2D eigenvalue weighted by Crippen LogP contribution is -2.30. The minimum atomic E-state index is -0.00879. The molecule has 0 aliphatic heterocycles. The van der Waals surface area contributed by atoms with Crippen LogP contribution in [0.5, 0.6) is 0 Å². The molecule has 0 aliphatic rings. The van der Waals surface area contributed by atoms with Gasteiger partial charge in [0.25, 0.3) is 3.91 Å². The van der Waals surface area contributed by atoms with Crippen molar-refractivity contribution >= 4 is 32.4 Å². The number of nitrogens with one attached hydrogen (secondary N) is 2. The number of rotatable bonds is 7. The van der Waals surface area contributed by atoms with Gasteiger partial charge in [-0.2, -0.15) is 0 Å². The van der Waals surface area contributed by atoms with Crippen molar-refractivity contribution in [2.75, 3.05) is 13.1 Å². The van der Waals surface area contributed by atoms with Gasteiger partial charge in [0.15, 0.2) is 0 Å². The molecule has 17 heavy (non-hydrogen) atoms. The first-order chi connectivity index (χ1) is 7.73. The van der Waals surface area contributed by atoms with Crippen molar-refractivity contribution in [3.8, 4) is 0 Å². The van der Waals surface area contributed by atoms with Crippen molar-refractivity contribution < 1.29 is 9.59 Å². The fraction of sp³-hybridized carbons (Fsp3) is 0.833. The van der Waals surface area contributed by atoms with Crippen LogP contribution in [0.4, 0.5) is 4.79 Å². The van der Waals surface area contributed by atoms with Crippen LogP contribution >= 0.6 is 22.6 Å². The molecular weight excluding hydrogens is 331 g/mol. The van der Waals surface area contributed by atoms with E-state index < -0.39 is 0 Å². The Morgan fingerprint density at radius 2 is 1.88 bits per heavy atom. The van der Waals surface area contributed by atoms with Crippen LogP contribution in [0, 0.1) is 11.3 Å². The van der Waals surface area contributed by atoms with E-state index in [-0.39, 0.29) is 15.2 Å². The SMILES string of the molecule is CC(=O)NCCC(C)(C)CC(C)CNC(=O)I. The molecule has 1 unspecified atom stereocenters. The molecule has 0 aromatic rings. The summed E-state index contributed by atoms with van der Waals surface area (Å²) in [5.74, 6) is 0.465. The van der Waals surface area contributed by atoms with E-state index in [1.165, 1.54) is 6.92 Å². The summed E-state index contributed by atoms with van der Waals surface area (Å²) in [5.41, 5.74) is 0.178. The Morgan fingerprint density at radius 1 is 1.29 bits per heavy atom. The van der Waals surface area contributed by atoms with E-state index >= 15 is 0 Å². The third-order valence-corrected chi connectivity index (χ3v) is 3.05. The molecular formula is C12H23IN2O2. The van der Waals surface area contributed by atoms with Gasteiger partial charge in [0.2, 0.25) is 5.91 Å². The molecule has 0 fully saturated rings. The van der Waals surface area contributed by atoms with Crippen LogP contribution in [0.25, 0.3) is 0 Å². The van der Waals surface area contributed by atoms with Crippen LogP contribution in [0.1, 0.15) is 40.5 Å². The molecule has 0 saturated carbocycles. The standard InChI is InChI=1S/C12H23IN2O2/c1-9(8-15-11(13)17)7-12(3,4)5-6-14-10(2)16/h9H,5-8H2,1-4H3,(H,14,16)(H,15,17). The second kappa shape index (κ2) is 7.89. The predicted octanol–water partition coefficient (Wildman–Crippen LogP) is 2.71. The van der Waals surface area contributed by atoms with Crippen molar-refractivity contribution in [3.63, 3.8) is 0 Å². The molecule has 0 spiro atoms. The molecule has 0 rings (SSSR count). The Hall–Kier alpha value is -0.330. The lowest BCUT2D eigenvalue weighted by molar-refractivity contribution is -0.119. The number of amides is 2. The smallest absolute Gasteiger partial charge is 0.280 e. The monoisotopic (exact) mass is 354 g/mol. The summed E-state index contributed by atoms with van der Waals surface area (Å²) in [4.78, 5) is 21.6. The highest BCUT2D eigenvalue weighted by molar-refractivity contribution is 14.1. The number of hydrogen-bond donors (Lipinski definition) is 2. The van der Waals surface area contributed by atoms with Gasteiger partial charge in [-0.3, -0.25) is 9.59 Å². The molecule has 0 radical (unpaired) electrons. The second-order valence-corrected chi connectivity index (χ2v) is 6.34. The van der Waals surface area contributed by atoms with E-state index in [1.807, 2.05) is 0 Å². The molecule has 4 nitrogen and oxygen atoms in total. The third kappa shape index (κ3) is 10.5. The number of carbonyl (C=O) groups excluding carboxylic acids is 2. The maximum absolute atomic E-state index is 10.8. The van der Waals surface area contributed by atoms with Crippen LogP contribution in [0.3, 0.4) is 0 Å². The molecule has 0 aliphatic carbocycles. The molecule has 0 bridgehead atoms. The Morgan fingerprint density at radius 3 is 2.35 bits per heavy atom. The van der Waals surface area contributed by atoms with Gasteiger partial charge < -0.3 is 10.6 Å². The van der Waals surface area contributed by atoms with E-state index in [9.17, 15) is 9.59 Å². The van der Waals surface area contributed by atoms with Crippen LogP contribution in [0.2, 0.25) is 0 Å². The lowest BCUT2D eigenvalue weighted by atomic mass is 9.80. The minimum absolute atomic E-state index is 0.00879. The van der Waals surface area contributed by atoms with Crippen LogP contribution in [-0.4, -0.2) is 22.9 Å². The van der Waals surface area contributed by atoms with Gasteiger partial charge in [0.05, 0.1) is 0 Å². The van der Waals surface area contributed by atoms with E-state index in [0.29, 0.717) is 19.0 Å². The second-order valence-electron chi connectivity index (χ2n) is 5.36. The molecule has 0 saturated heterocycles. The zero-order valence-corrected chi connectivity index (χ0v) is 13.3. The summed E-state index contributed by atoms with van der Waals surface area (Å²) >= 11 is 1.75. The van der Waals surface area contributed by atoms with Gasteiger partial charge in [-0.1, -0.05) is 20.8 Å². The van der Waals surface area contributed by atoms with Gasteiger partial charge in [-0.25, -0.2) is 0 Å². The van der Waals surface area contributed by atoms with E-state index in [1.54, 1.807) is 22.6 Å². The minimum Gasteiger partial charge on any atom is -0.356 e. The van der Waals surface area contributed by atoms with Gasteiger partial charge in [-0.05, 0) is 24.2 Å². The highest BCUT2D eigenvalue weighted by atomic mass is 127. The predicted molar refractivity (Wildman–Crippen MR) is 78.3 cm³/mol. The van der Waals surface area contributed by atoms with Crippen molar-refractivity contribution in [3.05, 3.63) is 0 Å². The quantitative estimate of drug-likeness (QED) is 0.420. The normalized spacial score (nSPS) is 13.0. The number of carbonyl (C=O) groups is 2. The van der Waals surface area contributed by atoms with Crippen molar-refractivity contribution in [1.82, 2.24) is 10.6 Å². The number of halogens is 1. The molecule has 0 aromatic heterocycles. The maximum atomic E-state index is 10.8. The van der Waals surface area contributed by atoms with Crippen molar-refractivity contribution in [2.24, 2.45) is 11.3 Å². The average Bonchev–Trinajstić information content (AvgIpc) is 2.12.